The van der Waals surface area contributed by atoms with Crippen LogP contribution in [0.4, 0.5) is 9.59 Å². The van der Waals surface area contributed by atoms with Gasteiger partial charge in [0.25, 0.3) is 11.8 Å². The highest BCUT2D eigenvalue weighted by molar-refractivity contribution is 6.07. The van der Waals surface area contributed by atoms with Gasteiger partial charge in [0.15, 0.2) is 6.61 Å². The minimum atomic E-state index is -0.812. The molecule has 154 valence electrons. The molecule has 3 N–H and O–H groups in total. The van der Waals surface area contributed by atoms with Crippen molar-refractivity contribution in [1.82, 2.24) is 20.9 Å². The van der Waals surface area contributed by atoms with Crippen LogP contribution < -0.4 is 16.0 Å². The van der Waals surface area contributed by atoms with Crippen molar-refractivity contribution < 1.29 is 28.7 Å². The van der Waals surface area contributed by atoms with Gasteiger partial charge in [0.2, 0.25) is 0 Å². The van der Waals surface area contributed by atoms with E-state index in [1.165, 1.54) is 0 Å². The smallest absolute Gasteiger partial charge is 0.325 e. The molecule has 2 aliphatic carbocycles. The first kappa shape index (κ1) is 20.1. The van der Waals surface area contributed by atoms with E-state index in [4.69, 9.17) is 4.74 Å². The molecule has 0 atom stereocenters. The Balaban J connectivity index is 1.35. The van der Waals surface area contributed by atoms with Crippen molar-refractivity contribution in [3.63, 3.8) is 0 Å². The van der Waals surface area contributed by atoms with Crippen molar-refractivity contribution in [2.24, 2.45) is 0 Å². The molecule has 0 aromatic rings. The van der Waals surface area contributed by atoms with Gasteiger partial charge in [0.1, 0.15) is 5.54 Å². The Bertz CT molecular complexity index is 667. The summed E-state index contributed by atoms with van der Waals surface area (Å²) in [6.07, 6.45) is 6.66. The number of carbonyl (C=O) groups is 5. The van der Waals surface area contributed by atoms with E-state index in [0.717, 1.165) is 43.4 Å². The number of carbonyl (C=O) groups excluding carboxylic acids is 5. The van der Waals surface area contributed by atoms with E-state index >= 15 is 0 Å². The third-order valence-corrected chi connectivity index (χ3v) is 5.55. The Morgan fingerprint density at radius 2 is 1.79 bits per heavy atom. The first-order valence-electron chi connectivity index (χ1n) is 9.80. The molecule has 1 heterocycles. The number of esters is 1. The highest BCUT2D eigenvalue weighted by atomic mass is 16.5. The summed E-state index contributed by atoms with van der Waals surface area (Å²) in [5.41, 5.74) is -0.812. The lowest BCUT2D eigenvalue weighted by atomic mass is 9.98. The number of imide groups is 2. The van der Waals surface area contributed by atoms with Crippen LogP contribution >= 0.6 is 0 Å². The molecule has 10 nitrogen and oxygen atoms in total. The van der Waals surface area contributed by atoms with Gasteiger partial charge in [0, 0.05) is 12.6 Å². The zero-order valence-corrected chi connectivity index (χ0v) is 15.8. The van der Waals surface area contributed by atoms with E-state index < -0.39 is 36.1 Å². The molecule has 1 aliphatic heterocycles. The SMILES string of the molecule is O=C(COC(=O)CCN1C(=O)NC2(CCCC2)C1=O)NC(=O)NC1CCCC1. The zero-order valence-electron chi connectivity index (χ0n) is 15.8. The molecule has 1 saturated heterocycles. The fraction of sp³-hybridized carbons (Fsp3) is 0.722. The van der Waals surface area contributed by atoms with Crippen molar-refractivity contribution in [2.45, 2.75) is 69.4 Å². The van der Waals surface area contributed by atoms with E-state index in [1.807, 2.05) is 0 Å². The Morgan fingerprint density at radius 1 is 1.11 bits per heavy atom. The normalized spacial score (nSPS) is 21.1. The van der Waals surface area contributed by atoms with E-state index in [0.29, 0.717) is 12.8 Å². The lowest BCUT2D eigenvalue weighted by Crippen LogP contribution is -2.45. The van der Waals surface area contributed by atoms with Gasteiger partial charge < -0.3 is 15.4 Å². The molecule has 3 fully saturated rings. The molecule has 0 unspecified atom stereocenters. The summed E-state index contributed by atoms with van der Waals surface area (Å²) in [5, 5.41) is 7.54. The predicted molar refractivity (Wildman–Crippen MR) is 96.0 cm³/mol. The molecule has 3 rings (SSSR count). The Hall–Kier alpha value is -2.65. The van der Waals surface area contributed by atoms with Crippen LogP contribution in [0, 0.1) is 0 Å². The predicted octanol–water partition coefficient (Wildman–Crippen LogP) is 0.553. The molecule has 0 aromatic carbocycles. The molecular weight excluding hydrogens is 368 g/mol. The number of ether oxygens (including phenoxy) is 1. The van der Waals surface area contributed by atoms with Crippen molar-refractivity contribution >= 4 is 29.8 Å². The maximum atomic E-state index is 12.5. The monoisotopic (exact) mass is 394 g/mol. The Labute approximate surface area is 162 Å². The van der Waals surface area contributed by atoms with Crippen LogP contribution in [-0.4, -0.2) is 59.5 Å². The number of amides is 6. The highest BCUT2D eigenvalue weighted by Crippen LogP contribution is 2.35. The molecule has 10 heteroatoms. The lowest BCUT2D eigenvalue weighted by Gasteiger charge is -2.19. The third kappa shape index (κ3) is 4.60. The first-order valence-corrected chi connectivity index (χ1v) is 9.80. The summed E-state index contributed by atoms with van der Waals surface area (Å²) < 4.78 is 4.82. The molecule has 0 aromatic heterocycles. The Morgan fingerprint density at radius 3 is 2.46 bits per heavy atom. The summed E-state index contributed by atoms with van der Waals surface area (Å²) in [4.78, 5) is 60.7. The third-order valence-electron chi connectivity index (χ3n) is 5.55. The van der Waals surface area contributed by atoms with Gasteiger partial charge in [-0.3, -0.25) is 24.6 Å². The van der Waals surface area contributed by atoms with Crippen LogP contribution in [0.5, 0.6) is 0 Å². The van der Waals surface area contributed by atoms with Gasteiger partial charge in [-0.1, -0.05) is 25.7 Å². The molecule has 0 bridgehead atoms. The maximum absolute atomic E-state index is 12.5. The van der Waals surface area contributed by atoms with E-state index in [-0.39, 0.29) is 24.9 Å². The number of hydrogen-bond donors (Lipinski definition) is 3. The van der Waals surface area contributed by atoms with Crippen LogP contribution in [0.25, 0.3) is 0 Å². The second kappa shape index (κ2) is 8.57. The van der Waals surface area contributed by atoms with Crippen LogP contribution in [-0.2, 0) is 19.1 Å². The molecule has 6 amide bonds. The standard InChI is InChI=1S/C18H26N4O6/c23-13(20-16(26)19-12-5-1-2-6-12)11-28-14(24)7-10-22-15(25)18(21-17(22)27)8-3-4-9-18/h12H,1-11H2,(H,21,27)(H2,19,20,23,26). The van der Waals surface area contributed by atoms with Crippen molar-refractivity contribution in [1.29, 1.82) is 0 Å². The van der Waals surface area contributed by atoms with Crippen LogP contribution in [0.2, 0.25) is 0 Å². The van der Waals surface area contributed by atoms with Gasteiger partial charge in [-0.05, 0) is 25.7 Å². The van der Waals surface area contributed by atoms with Gasteiger partial charge in [-0.15, -0.1) is 0 Å². The molecular formula is C18H26N4O6. The van der Waals surface area contributed by atoms with Crippen LogP contribution in [0.3, 0.4) is 0 Å². The minimum absolute atomic E-state index is 0.0719. The minimum Gasteiger partial charge on any atom is -0.456 e. The molecule has 28 heavy (non-hydrogen) atoms. The number of hydrogen-bond acceptors (Lipinski definition) is 6. The quantitative estimate of drug-likeness (QED) is 0.445. The lowest BCUT2D eigenvalue weighted by molar-refractivity contribution is -0.148. The van der Waals surface area contributed by atoms with E-state index in [9.17, 15) is 24.0 Å². The maximum Gasteiger partial charge on any atom is 0.325 e. The van der Waals surface area contributed by atoms with Crippen molar-refractivity contribution in [3.8, 4) is 0 Å². The number of nitrogens with one attached hydrogen (secondary N) is 3. The fourth-order valence-electron chi connectivity index (χ4n) is 4.07. The van der Waals surface area contributed by atoms with Gasteiger partial charge >= 0.3 is 18.0 Å². The summed E-state index contributed by atoms with van der Waals surface area (Å²) in [6, 6.07) is -1.03. The first-order chi connectivity index (χ1) is 13.4. The topological polar surface area (TPSA) is 134 Å². The highest BCUT2D eigenvalue weighted by Gasteiger charge is 2.52. The Kier molecular flexibility index (Phi) is 6.15. The zero-order chi connectivity index (χ0) is 20.1. The second-order valence-corrected chi connectivity index (χ2v) is 7.59. The summed E-state index contributed by atoms with van der Waals surface area (Å²) >= 11 is 0. The average Bonchev–Trinajstić information content (AvgIpc) is 3.36. The molecule has 3 aliphatic rings. The number of urea groups is 2. The fourth-order valence-corrected chi connectivity index (χ4v) is 4.07. The summed E-state index contributed by atoms with van der Waals surface area (Å²) in [7, 11) is 0. The van der Waals surface area contributed by atoms with Crippen LogP contribution in [0.1, 0.15) is 57.8 Å². The largest absolute Gasteiger partial charge is 0.456 e. The van der Waals surface area contributed by atoms with Crippen LogP contribution in [0.15, 0.2) is 0 Å². The number of nitrogens with zero attached hydrogens (tertiary/aromatic N) is 1. The van der Waals surface area contributed by atoms with E-state index in [1.54, 1.807) is 0 Å². The summed E-state index contributed by atoms with van der Waals surface area (Å²) in [6.45, 7) is -0.698. The van der Waals surface area contributed by atoms with Gasteiger partial charge in [-0.2, -0.15) is 0 Å². The summed E-state index contributed by atoms with van der Waals surface area (Å²) in [5.74, 6) is -1.76. The van der Waals surface area contributed by atoms with Gasteiger partial charge in [0.05, 0.1) is 6.42 Å². The van der Waals surface area contributed by atoms with Crippen molar-refractivity contribution in [2.75, 3.05) is 13.2 Å². The second-order valence-electron chi connectivity index (χ2n) is 7.59. The number of rotatable bonds is 6. The van der Waals surface area contributed by atoms with Gasteiger partial charge in [-0.25, -0.2) is 9.59 Å². The molecule has 0 radical (unpaired) electrons. The average molecular weight is 394 g/mol. The molecule has 1 spiro atoms. The van der Waals surface area contributed by atoms with Crippen molar-refractivity contribution in [3.05, 3.63) is 0 Å². The molecule has 2 saturated carbocycles. The van der Waals surface area contributed by atoms with E-state index in [2.05, 4.69) is 16.0 Å².